The average molecular weight is 294 g/mol. The first-order chi connectivity index (χ1) is 7.88. The molecular formula is C10H12ClNO3S2. The van der Waals surface area contributed by atoms with E-state index in [1.54, 1.807) is 0 Å². The summed E-state index contributed by atoms with van der Waals surface area (Å²) >= 11 is 0.955. The zero-order valence-electron chi connectivity index (χ0n) is 9.14. The van der Waals surface area contributed by atoms with Crippen LogP contribution in [0.2, 0.25) is 0 Å². The van der Waals surface area contributed by atoms with Crippen molar-refractivity contribution in [1.29, 1.82) is 0 Å². The topological polar surface area (TPSA) is 63.2 Å². The van der Waals surface area contributed by atoms with Crippen molar-refractivity contribution >= 4 is 37.0 Å². The van der Waals surface area contributed by atoms with Crippen LogP contribution in [0.1, 0.15) is 30.1 Å². The van der Waals surface area contributed by atoms with E-state index in [1.807, 2.05) is 6.92 Å². The van der Waals surface area contributed by atoms with Crippen LogP contribution in [-0.2, 0) is 9.05 Å². The lowest BCUT2D eigenvalue weighted by atomic mass is 10.2. The van der Waals surface area contributed by atoms with E-state index >= 15 is 0 Å². The maximum Gasteiger partial charge on any atom is 0.270 e. The molecule has 1 saturated carbocycles. The lowest BCUT2D eigenvalue weighted by molar-refractivity contribution is 0.0936. The van der Waals surface area contributed by atoms with Gasteiger partial charge in [0.1, 0.15) is 4.21 Å². The molecule has 1 fully saturated rings. The van der Waals surface area contributed by atoms with Gasteiger partial charge < -0.3 is 5.32 Å². The number of carbonyl (C=O) groups is 1. The van der Waals surface area contributed by atoms with Crippen molar-refractivity contribution < 1.29 is 13.2 Å². The summed E-state index contributed by atoms with van der Waals surface area (Å²) in [6.07, 6.45) is 2.29. The third kappa shape index (κ3) is 3.20. The van der Waals surface area contributed by atoms with Gasteiger partial charge in [0, 0.05) is 22.1 Å². The zero-order chi connectivity index (χ0) is 12.6. The van der Waals surface area contributed by atoms with Crippen LogP contribution in [0, 0.1) is 5.92 Å². The highest BCUT2D eigenvalue weighted by atomic mass is 35.7. The van der Waals surface area contributed by atoms with Crippen LogP contribution in [0.25, 0.3) is 0 Å². The fourth-order valence-electron chi connectivity index (χ4n) is 1.57. The first kappa shape index (κ1) is 12.9. The van der Waals surface area contributed by atoms with Gasteiger partial charge in [-0.15, -0.1) is 11.3 Å². The van der Waals surface area contributed by atoms with E-state index in [0.717, 1.165) is 24.2 Å². The van der Waals surface area contributed by atoms with Crippen LogP contribution >= 0.6 is 22.0 Å². The molecule has 4 nitrogen and oxygen atoms in total. The number of thiophene rings is 1. The Hall–Kier alpha value is -0.590. The van der Waals surface area contributed by atoms with Crippen molar-refractivity contribution in [2.75, 3.05) is 0 Å². The van der Waals surface area contributed by atoms with Crippen LogP contribution in [0.3, 0.4) is 0 Å². The molecule has 0 aromatic carbocycles. The Labute approximate surface area is 108 Å². The van der Waals surface area contributed by atoms with Gasteiger partial charge in [-0.1, -0.05) is 0 Å². The number of nitrogens with one attached hydrogen (secondary N) is 1. The van der Waals surface area contributed by atoms with Gasteiger partial charge >= 0.3 is 0 Å². The Morgan fingerprint density at radius 3 is 2.71 bits per heavy atom. The van der Waals surface area contributed by atoms with Gasteiger partial charge in [0.25, 0.3) is 15.0 Å². The lowest BCUT2D eigenvalue weighted by Gasteiger charge is -2.11. The zero-order valence-corrected chi connectivity index (χ0v) is 11.5. The highest BCUT2D eigenvalue weighted by Crippen LogP contribution is 2.32. The molecule has 1 unspecified atom stereocenters. The minimum absolute atomic E-state index is 0.00314. The van der Waals surface area contributed by atoms with Crippen molar-refractivity contribution in [3.63, 3.8) is 0 Å². The Morgan fingerprint density at radius 2 is 2.24 bits per heavy atom. The van der Waals surface area contributed by atoms with Gasteiger partial charge in [0.15, 0.2) is 0 Å². The minimum Gasteiger partial charge on any atom is -0.349 e. The van der Waals surface area contributed by atoms with E-state index in [0.29, 0.717) is 11.5 Å². The first-order valence-electron chi connectivity index (χ1n) is 5.22. The molecule has 1 aromatic heterocycles. The lowest BCUT2D eigenvalue weighted by Crippen LogP contribution is -2.33. The van der Waals surface area contributed by atoms with Gasteiger partial charge in [-0.2, -0.15) is 0 Å². The van der Waals surface area contributed by atoms with Crippen molar-refractivity contribution in [2.45, 2.75) is 30.0 Å². The molecule has 0 spiro atoms. The Morgan fingerprint density at radius 1 is 1.59 bits per heavy atom. The highest BCUT2D eigenvalue weighted by Gasteiger charge is 2.29. The highest BCUT2D eigenvalue weighted by molar-refractivity contribution is 8.15. The molecule has 0 saturated heterocycles. The van der Waals surface area contributed by atoms with E-state index in [2.05, 4.69) is 5.32 Å². The van der Waals surface area contributed by atoms with E-state index in [-0.39, 0.29) is 16.2 Å². The number of hydrogen-bond donors (Lipinski definition) is 1. The molecule has 0 bridgehead atoms. The second kappa shape index (κ2) is 4.59. The van der Waals surface area contributed by atoms with Gasteiger partial charge in [0.05, 0.1) is 5.56 Å². The van der Waals surface area contributed by atoms with Gasteiger partial charge in [-0.3, -0.25) is 4.79 Å². The fourth-order valence-corrected chi connectivity index (χ4v) is 3.51. The van der Waals surface area contributed by atoms with Crippen LogP contribution in [0.15, 0.2) is 15.7 Å². The quantitative estimate of drug-likeness (QED) is 0.866. The SMILES string of the molecule is CC(NC(=O)c1csc(S(=O)(=O)Cl)c1)C1CC1. The third-order valence-electron chi connectivity index (χ3n) is 2.77. The molecule has 1 atom stereocenters. The summed E-state index contributed by atoms with van der Waals surface area (Å²) in [4.78, 5) is 11.8. The Kier molecular flexibility index (Phi) is 3.47. The van der Waals surface area contributed by atoms with Crippen molar-refractivity contribution in [3.05, 3.63) is 17.0 Å². The normalized spacial score (nSPS) is 17.8. The van der Waals surface area contributed by atoms with E-state index < -0.39 is 9.05 Å². The number of halogens is 1. The van der Waals surface area contributed by atoms with E-state index in [9.17, 15) is 13.2 Å². The number of amides is 1. The number of hydrogen-bond acceptors (Lipinski definition) is 4. The Balaban J connectivity index is 2.06. The average Bonchev–Trinajstić information content (AvgIpc) is 2.93. The summed E-state index contributed by atoms with van der Waals surface area (Å²) in [7, 11) is 1.46. The van der Waals surface area contributed by atoms with Crippen molar-refractivity contribution in [2.24, 2.45) is 5.92 Å². The van der Waals surface area contributed by atoms with Crippen molar-refractivity contribution in [1.82, 2.24) is 5.32 Å². The molecule has 94 valence electrons. The molecule has 17 heavy (non-hydrogen) atoms. The van der Waals surface area contributed by atoms with Gasteiger partial charge in [-0.05, 0) is 31.7 Å². The molecule has 1 aliphatic rings. The smallest absolute Gasteiger partial charge is 0.270 e. The molecule has 2 rings (SSSR count). The second-order valence-corrected chi connectivity index (χ2v) is 7.90. The van der Waals surface area contributed by atoms with Gasteiger partial charge in [-0.25, -0.2) is 8.42 Å². The largest absolute Gasteiger partial charge is 0.349 e. The molecule has 0 radical (unpaired) electrons. The second-order valence-electron chi connectivity index (χ2n) is 4.19. The summed E-state index contributed by atoms with van der Waals surface area (Å²) in [6, 6.07) is 1.44. The maximum absolute atomic E-state index is 11.8. The predicted octanol–water partition coefficient (Wildman–Crippen LogP) is 2.20. The fraction of sp³-hybridized carbons (Fsp3) is 0.500. The molecule has 1 amide bonds. The summed E-state index contributed by atoms with van der Waals surface area (Å²) in [6.45, 7) is 1.96. The van der Waals surface area contributed by atoms with Crippen LogP contribution < -0.4 is 5.32 Å². The number of rotatable bonds is 4. The molecule has 1 N–H and O–H groups in total. The molecule has 1 aromatic rings. The molecular weight excluding hydrogens is 282 g/mol. The summed E-state index contributed by atoms with van der Waals surface area (Å²) < 4.78 is 22.1. The van der Waals surface area contributed by atoms with Crippen LogP contribution in [0.4, 0.5) is 0 Å². The van der Waals surface area contributed by atoms with E-state index in [1.165, 1.54) is 11.4 Å². The van der Waals surface area contributed by atoms with Crippen LogP contribution in [-0.4, -0.2) is 20.4 Å². The van der Waals surface area contributed by atoms with Crippen molar-refractivity contribution in [3.8, 4) is 0 Å². The number of carbonyl (C=O) groups excluding carboxylic acids is 1. The summed E-state index contributed by atoms with van der Waals surface area (Å²) in [5, 5.41) is 4.36. The maximum atomic E-state index is 11.8. The van der Waals surface area contributed by atoms with E-state index in [4.69, 9.17) is 10.7 Å². The summed E-state index contributed by atoms with van der Waals surface area (Å²) in [5.41, 5.74) is 0.349. The van der Waals surface area contributed by atoms with Gasteiger partial charge in [0.2, 0.25) is 0 Å². The third-order valence-corrected chi connectivity index (χ3v) is 5.81. The summed E-state index contributed by atoms with van der Waals surface area (Å²) in [5.74, 6) is 0.320. The molecule has 1 aliphatic carbocycles. The molecule has 0 aliphatic heterocycles. The Bertz CT molecular complexity index is 534. The first-order valence-corrected chi connectivity index (χ1v) is 8.41. The van der Waals surface area contributed by atoms with Crippen LogP contribution in [0.5, 0.6) is 0 Å². The monoisotopic (exact) mass is 293 g/mol. The molecule has 7 heteroatoms. The standard InChI is InChI=1S/C10H12ClNO3S2/c1-6(7-2-3-7)12-10(13)8-4-9(16-5-8)17(11,14)15/h4-7H,2-3H2,1H3,(H,12,13). The minimum atomic E-state index is -3.74. The molecule has 1 heterocycles. The predicted molar refractivity (Wildman–Crippen MR) is 67.0 cm³/mol.